The van der Waals surface area contributed by atoms with Gasteiger partial charge in [-0.1, -0.05) is 6.07 Å². The molecule has 0 unspecified atom stereocenters. The molecule has 0 saturated heterocycles. The lowest BCUT2D eigenvalue weighted by atomic mass is 9.99. The quantitative estimate of drug-likeness (QED) is 0.855. The maximum atomic E-state index is 13.6. The van der Waals surface area contributed by atoms with E-state index in [1.807, 2.05) is 18.2 Å². The number of hydrogen-bond acceptors (Lipinski definition) is 2. The fourth-order valence-electron chi connectivity index (χ4n) is 2.84. The van der Waals surface area contributed by atoms with Crippen LogP contribution in [0.25, 0.3) is 5.57 Å². The zero-order chi connectivity index (χ0) is 15.6. The van der Waals surface area contributed by atoms with Crippen LogP contribution >= 0.6 is 0 Å². The molecule has 4 heteroatoms. The number of carbonyl (C=O) groups is 1. The van der Waals surface area contributed by atoms with Crippen molar-refractivity contribution in [1.29, 1.82) is 0 Å². The minimum atomic E-state index is -1.51. The lowest BCUT2D eigenvalue weighted by molar-refractivity contribution is -0.134. The van der Waals surface area contributed by atoms with Crippen LogP contribution in [0, 0.1) is 0 Å². The molecular formula is C17H22FNO2. The Labute approximate surface area is 125 Å². The van der Waals surface area contributed by atoms with Crippen molar-refractivity contribution in [3.8, 4) is 0 Å². The topological polar surface area (TPSA) is 40.5 Å². The predicted molar refractivity (Wildman–Crippen MR) is 83.2 cm³/mol. The third kappa shape index (κ3) is 3.26. The van der Waals surface area contributed by atoms with Gasteiger partial charge in [-0.15, -0.1) is 0 Å². The number of carboxylic acids is 1. The van der Waals surface area contributed by atoms with Gasteiger partial charge >= 0.3 is 5.97 Å². The Balaban J connectivity index is 2.45. The second kappa shape index (κ2) is 6.29. The van der Waals surface area contributed by atoms with Crippen LogP contribution in [0.15, 0.2) is 24.0 Å². The molecule has 0 aliphatic carbocycles. The number of rotatable bonds is 3. The normalized spacial score (nSPS) is 16.3. The van der Waals surface area contributed by atoms with E-state index in [1.54, 1.807) is 0 Å². The number of hydrogen-bond donors (Lipinski definition) is 1. The Bertz CT molecular complexity index is 578. The molecule has 0 saturated carbocycles. The summed E-state index contributed by atoms with van der Waals surface area (Å²) in [5.41, 5.74) is 3.20. The Kier molecular flexibility index (Phi) is 4.66. The Hall–Kier alpha value is -1.84. The number of carboxylic acid groups (broad SMARTS) is 1. The van der Waals surface area contributed by atoms with Gasteiger partial charge in [-0.05, 0) is 68.9 Å². The molecule has 2 rings (SSSR count). The van der Waals surface area contributed by atoms with Crippen molar-refractivity contribution in [2.45, 2.75) is 46.1 Å². The molecule has 0 amide bonds. The van der Waals surface area contributed by atoms with E-state index in [1.165, 1.54) is 18.2 Å². The third-order valence-corrected chi connectivity index (χ3v) is 4.06. The van der Waals surface area contributed by atoms with Gasteiger partial charge < -0.3 is 10.0 Å². The molecule has 0 bridgehead atoms. The second-order valence-corrected chi connectivity index (χ2v) is 5.83. The van der Waals surface area contributed by atoms with Gasteiger partial charge in [0.25, 0.3) is 0 Å². The van der Waals surface area contributed by atoms with Crippen LogP contribution in [-0.2, 0) is 11.2 Å². The van der Waals surface area contributed by atoms with Crippen molar-refractivity contribution < 1.29 is 14.3 Å². The molecule has 1 aromatic rings. The van der Waals surface area contributed by atoms with Gasteiger partial charge in [0, 0.05) is 18.3 Å². The Morgan fingerprint density at radius 1 is 1.33 bits per heavy atom. The van der Waals surface area contributed by atoms with Gasteiger partial charge in [-0.25, -0.2) is 4.79 Å². The Morgan fingerprint density at radius 3 is 2.67 bits per heavy atom. The Morgan fingerprint density at radius 2 is 2.05 bits per heavy atom. The van der Waals surface area contributed by atoms with Crippen molar-refractivity contribution in [2.24, 2.45) is 0 Å². The molecule has 3 nitrogen and oxygen atoms in total. The van der Waals surface area contributed by atoms with E-state index in [4.69, 9.17) is 5.11 Å². The monoisotopic (exact) mass is 291 g/mol. The standard InChI is InChI=1S/C17H22FNO2/c1-11(2)19-9-5-4-6-14-10-13(7-8-15(14)19)12(3)16(18)17(20)21/h7-8,10-11H,4-6,9H2,1-3H3,(H,20,21)/b16-12+. The van der Waals surface area contributed by atoms with E-state index in [0.717, 1.165) is 25.8 Å². The summed E-state index contributed by atoms with van der Waals surface area (Å²) >= 11 is 0. The van der Waals surface area contributed by atoms with Crippen LogP contribution < -0.4 is 4.90 Å². The van der Waals surface area contributed by atoms with Crippen LogP contribution in [0.2, 0.25) is 0 Å². The number of nitrogens with zero attached hydrogens (tertiary/aromatic N) is 1. The molecule has 0 spiro atoms. The SMILES string of the molecule is C/C(=C(\F)C(=O)O)c1ccc2c(c1)CCCCN2C(C)C. The van der Waals surface area contributed by atoms with Crippen molar-refractivity contribution in [2.75, 3.05) is 11.4 Å². The maximum Gasteiger partial charge on any atom is 0.365 e. The van der Waals surface area contributed by atoms with Gasteiger partial charge in [0.05, 0.1) is 0 Å². The lowest BCUT2D eigenvalue weighted by Crippen LogP contribution is -2.31. The summed E-state index contributed by atoms with van der Waals surface area (Å²) in [6.45, 7) is 6.88. The average Bonchev–Trinajstić information content (AvgIpc) is 2.66. The summed E-state index contributed by atoms with van der Waals surface area (Å²) in [5.74, 6) is -2.59. The highest BCUT2D eigenvalue weighted by Crippen LogP contribution is 2.31. The largest absolute Gasteiger partial charge is 0.476 e. The average molecular weight is 291 g/mol. The molecule has 1 heterocycles. The number of allylic oxidation sites excluding steroid dienone is 1. The number of aryl methyl sites for hydroxylation is 1. The van der Waals surface area contributed by atoms with Crippen LogP contribution in [0.4, 0.5) is 10.1 Å². The summed E-state index contributed by atoms with van der Waals surface area (Å²) in [4.78, 5) is 13.1. The summed E-state index contributed by atoms with van der Waals surface area (Å²) in [7, 11) is 0. The number of halogens is 1. The molecule has 0 radical (unpaired) electrons. The highest BCUT2D eigenvalue weighted by molar-refractivity contribution is 5.93. The van der Waals surface area contributed by atoms with Gasteiger partial charge in [-0.2, -0.15) is 4.39 Å². The molecule has 21 heavy (non-hydrogen) atoms. The van der Waals surface area contributed by atoms with E-state index in [0.29, 0.717) is 11.6 Å². The minimum absolute atomic E-state index is 0.186. The molecule has 1 N–H and O–H groups in total. The molecule has 1 aliphatic rings. The first-order valence-electron chi connectivity index (χ1n) is 7.41. The summed E-state index contributed by atoms with van der Waals surface area (Å²) in [6, 6.07) is 6.17. The first kappa shape index (κ1) is 15.5. The molecule has 1 aliphatic heterocycles. The molecule has 0 aromatic heterocycles. The third-order valence-electron chi connectivity index (χ3n) is 4.06. The minimum Gasteiger partial charge on any atom is -0.476 e. The highest BCUT2D eigenvalue weighted by Gasteiger charge is 2.19. The van der Waals surface area contributed by atoms with E-state index in [2.05, 4.69) is 18.7 Å². The molecule has 0 atom stereocenters. The van der Waals surface area contributed by atoms with Crippen LogP contribution in [0.3, 0.4) is 0 Å². The molecule has 114 valence electrons. The van der Waals surface area contributed by atoms with Crippen LogP contribution in [0.1, 0.15) is 44.7 Å². The lowest BCUT2D eigenvalue weighted by Gasteiger charge is -2.29. The number of anilines is 1. The first-order valence-corrected chi connectivity index (χ1v) is 7.41. The van der Waals surface area contributed by atoms with E-state index in [-0.39, 0.29) is 5.57 Å². The van der Waals surface area contributed by atoms with Gasteiger partial charge in [-0.3, -0.25) is 0 Å². The molecule has 0 fully saturated rings. The number of fused-ring (bicyclic) bond motifs is 1. The van der Waals surface area contributed by atoms with Crippen LogP contribution in [0.5, 0.6) is 0 Å². The highest BCUT2D eigenvalue weighted by atomic mass is 19.1. The number of benzene rings is 1. The van der Waals surface area contributed by atoms with E-state index >= 15 is 0 Å². The summed E-state index contributed by atoms with van der Waals surface area (Å²) in [6.07, 6.45) is 3.19. The van der Waals surface area contributed by atoms with Crippen molar-refractivity contribution in [1.82, 2.24) is 0 Å². The summed E-state index contributed by atoms with van der Waals surface area (Å²) < 4.78 is 13.6. The predicted octanol–water partition coefficient (Wildman–Crippen LogP) is 4.02. The zero-order valence-electron chi connectivity index (χ0n) is 12.8. The number of aliphatic carboxylic acids is 1. The molecular weight excluding hydrogens is 269 g/mol. The maximum absolute atomic E-state index is 13.6. The van der Waals surface area contributed by atoms with Gasteiger partial charge in [0.2, 0.25) is 5.83 Å². The van der Waals surface area contributed by atoms with Gasteiger partial charge in [0.1, 0.15) is 0 Å². The van der Waals surface area contributed by atoms with Crippen molar-refractivity contribution >= 4 is 17.2 Å². The van der Waals surface area contributed by atoms with Gasteiger partial charge in [0.15, 0.2) is 0 Å². The van der Waals surface area contributed by atoms with Crippen LogP contribution in [-0.4, -0.2) is 23.7 Å². The molecule has 1 aromatic carbocycles. The van der Waals surface area contributed by atoms with Crippen molar-refractivity contribution in [3.63, 3.8) is 0 Å². The van der Waals surface area contributed by atoms with E-state index in [9.17, 15) is 9.18 Å². The van der Waals surface area contributed by atoms with E-state index < -0.39 is 11.8 Å². The fourth-order valence-corrected chi connectivity index (χ4v) is 2.84. The smallest absolute Gasteiger partial charge is 0.365 e. The second-order valence-electron chi connectivity index (χ2n) is 5.83. The first-order chi connectivity index (χ1) is 9.91. The van der Waals surface area contributed by atoms with Crippen molar-refractivity contribution in [3.05, 3.63) is 35.2 Å². The fraction of sp³-hybridized carbons (Fsp3) is 0.471. The summed E-state index contributed by atoms with van der Waals surface area (Å²) in [5, 5.41) is 8.77. The zero-order valence-corrected chi connectivity index (χ0v) is 12.8.